The van der Waals surface area contributed by atoms with Gasteiger partial charge in [0, 0.05) is 31.1 Å². The van der Waals surface area contributed by atoms with Gasteiger partial charge in [0.2, 0.25) is 15.9 Å². The van der Waals surface area contributed by atoms with Gasteiger partial charge < -0.3 is 10.1 Å². The van der Waals surface area contributed by atoms with E-state index in [1.165, 1.54) is 4.31 Å². The van der Waals surface area contributed by atoms with E-state index in [0.717, 1.165) is 17.0 Å². The smallest absolute Gasteiger partial charge is 0.246 e. The lowest BCUT2D eigenvalue weighted by atomic mass is 9.97. The van der Waals surface area contributed by atoms with E-state index in [1.807, 2.05) is 54.6 Å². The summed E-state index contributed by atoms with van der Waals surface area (Å²) >= 11 is 0. The molecule has 34 heavy (non-hydrogen) atoms. The predicted octanol–water partition coefficient (Wildman–Crippen LogP) is 3.21. The number of aryl methyl sites for hydroxylation is 1. The Morgan fingerprint density at radius 2 is 1.71 bits per heavy atom. The van der Waals surface area contributed by atoms with E-state index in [9.17, 15) is 13.2 Å². The average Bonchev–Trinajstić information content (AvgIpc) is 3.17. The van der Waals surface area contributed by atoms with Gasteiger partial charge in [-0.05, 0) is 44.9 Å². The van der Waals surface area contributed by atoms with E-state index in [1.54, 1.807) is 25.6 Å². The topological polar surface area (TPSA) is 93.5 Å². The number of hydrogen-bond donors (Lipinski definition) is 1. The first-order chi connectivity index (χ1) is 16.3. The summed E-state index contributed by atoms with van der Waals surface area (Å²) in [5, 5.41) is 7.46. The van der Waals surface area contributed by atoms with Gasteiger partial charge in [-0.2, -0.15) is 9.40 Å². The van der Waals surface area contributed by atoms with Crippen LogP contribution >= 0.6 is 0 Å². The minimum absolute atomic E-state index is 0.0628. The van der Waals surface area contributed by atoms with Crippen LogP contribution in [0.2, 0.25) is 0 Å². The van der Waals surface area contributed by atoms with E-state index in [2.05, 4.69) is 10.4 Å². The molecule has 2 heterocycles. The van der Waals surface area contributed by atoms with Crippen molar-refractivity contribution in [3.8, 4) is 11.4 Å². The normalized spacial score (nSPS) is 15.3. The zero-order valence-corrected chi connectivity index (χ0v) is 20.5. The molecule has 1 saturated heterocycles. The molecule has 0 atom stereocenters. The van der Waals surface area contributed by atoms with Crippen molar-refractivity contribution in [3.63, 3.8) is 0 Å². The second-order valence-electron chi connectivity index (χ2n) is 8.46. The summed E-state index contributed by atoms with van der Waals surface area (Å²) in [5.41, 5.74) is 2.77. The maximum absolute atomic E-state index is 13.5. The molecule has 0 aliphatic carbocycles. The molecule has 8 nitrogen and oxygen atoms in total. The molecule has 1 aliphatic rings. The number of para-hydroxylation sites is 2. The average molecular weight is 483 g/mol. The molecule has 9 heteroatoms. The second kappa shape index (κ2) is 9.99. The number of piperidine rings is 1. The molecular formula is C25H30N4O4S. The van der Waals surface area contributed by atoms with Crippen LogP contribution in [-0.4, -0.2) is 48.6 Å². The first-order valence-electron chi connectivity index (χ1n) is 11.3. The van der Waals surface area contributed by atoms with E-state index in [-0.39, 0.29) is 16.7 Å². The SMILES string of the molecule is COc1ccccc1CNC(=O)C1CCN(S(=O)(=O)c2c(C)nn(-c3ccccc3)c2C)CC1. The molecule has 0 saturated carbocycles. The third-order valence-electron chi connectivity index (χ3n) is 6.29. The number of carbonyl (C=O) groups is 1. The van der Waals surface area contributed by atoms with E-state index >= 15 is 0 Å². The summed E-state index contributed by atoms with van der Waals surface area (Å²) < 4.78 is 35.5. The van der Waals surface area contributed by atoms with Crippen LogP contribution < -0.4 is 10.1 Å². The van der Waals surface area contributed by atoms with Gasteiger partial charge in [-0.15, -0.1) is 0 Å². The third-order valence-corrected chi connectivity index (χ3v) is 8.45. The highest BCUT2D eigenvalue weighted by Gasteiger charge is 2.35. The Bertz CT molecular complexity index is 1260. The van der Waals surface area contributed by atoms with Crippen molar-refractivity contribution in [1.82, 2.24) is 19.4 Å². The summed E-state index contributed by atoms with van der Waals surface area (Å²) in [6.07, 6.45) is 0.948. The monoisotopic (exact) mass is 482 g/mol. The molecule has 0 spiro atoms. The standard InChI is InChI=1S/C25H30N4O4S/c1-18-24(19(2)29(27-18)22-10-5-4-6-11-22)34(31,32)28-15-13-20(14-16-28)25(30)26-17-21-9-7-8-12-23(21)33-3/h4-12,20H,13-17H2,1-3H3,(H,26,30). The number of nitrogens with zero attached hydrogens (tertiary/aromatic N) is 3. The Morgan fingerprint density at radius 3 is 2.38 bits per heavy atom. The molecule has 0 unspecified atom stereocenters. The minimum Gasteiger partial charge on any atom is -0.496 e. The second-order valence-corrected chi connectivity index (χ2v) is 10.3. The number of hydrogen-bond acceptors (Lipinski definition) is 5. The molecule has 1 aromatic heterocycles. The van der Waals surface area contributed by atoms with Crippen molar-refractivity contribution in [3.05, 3.63) is 71.5 Å². The number of methoxy groups -OCH3 is 1. The number of aromatic nitrogens is 2. The van der Waals surface area contributed by atoms with Gasteiger partial charge in [-0.25, -0.2) is 13.1 Å². The largest absolute Gasteiger partial charge is 0.496 e. The molecule has 3 aromatic rings. The molecule has 0 radical (unpaired) electrons. The van der Waals surface area contributed by atoms with Crippen molar-refractivity contribution in [2.75, 3.05) is 20.2 Å². The number of rotatable bonds is 7. The van der Waals surface area contributed by atoms with Crippen molar-refractivity contribution >= 4 is 15.9 Å². The lowest BCUT2D eigenvalue weighted by molar-refractivity contribution is -0.126. The van der Waals surface area contributed by atoms with Crippen molar-refractivity contribution in [1.29, 1.82) is 0 Å². The molecule has 1 fully saturated rings. The quantitative estimate of drug-likeness (QED) is 0.558. The molecule has 1 aliphatic heterocycles. The summed E-state index contributed by atoms with van der Waals surface area (Å²) in [6.45, 7) is 4.46. The fourth-order valence-electron chi connectivity index (χ4n) is 4.49. The van der Waals surface area contributed by atoms with Crippen LogP contribution in [0.25, 0.3) is 5.69 Å². The van der Waals surface area contributed by atoms with Gasteiger partial charge >= 0.3 is 0 Å². The summed E-state index contributed by atoms with van der Waals surface area (Å²) in [5.74, 6) is 0.438. The summed E-state index contributed by atoms with van der Waals surface area (Å²) in [6, 6.07) is 17.0. The van der Waals surface area contributed by atoms with Gasteiger partial charge in [0.25, 0.3) is 0 Å². The summed E-state index contributed by atoms with van der Waals surface area (Å²) in [4.78, 5) is 13.0. The Labute approximate surface area is 200 Å². The van der Waals surface area contributed by atoms with Gasteiger partial charge in [0.1, 0.15) is 10.6 Å². The van der Waals surface area contributed by atoms with Crippen LogP contribution in [0.15, 0.2) is 59.5 Å². The summed E-state index contributed by atoms with van der Waals surface area (Å²) in [7, 11) is -2.12. The number of sulfonamides is 1. The van der Waals surface area contributed by atoms with Gasteiger partial charge in [0.15, 0.2) is 0 Å². The fraction of sp³-hybridized carbons (Fsp3) is 0.360. The van der Waals surface area contributed by atoms with Gasteiger partial charge in [-0.1, -0.05) is 36.4 Å². The number of amides is 1. The lowest BCUT2D eigenvalue weighted by Crippen LogP contribution is -2.43. The molecule has 1 N–H and O–H groups in total. The molecule has 1 amide bonds. The maximum Gasteiger partial charge on any atom is 0.246 e. The first-order valence-corrected chi connectivity index (χ1v) is 12.8. The van der Waals surface area contributed by atoms with E-state index in [0.29, 0.717) is 43.9 Å². The van der Waals surface area contributed by atoms with Crippen LogP contribution in [0.3, 0.4) is 0 Å². The van der Waals surface area contributed by atoms with Crippen molar-refractivity contribution < 1.29 is 17.9 Å². The number of nitrogens with one attached hydrogen (secondary N) is 1. The number of ether oxygens (including phenoxy) is 1. The zero-order valence-electron chi connectivity index (χ0n) is 19.7. The van der Waals surface area contributed by atoms with Gasteiger partial charge in [0.05, 0.1) is 24.2 Å². The van der Waals surface area contributed by atoms with Crippen LogP contribution in [0.5, 0.6) is 5.75 Å². The van der Waals surface area contributed by atoms with Crippen LogP contribution in [-0.2, 0) is 21.4 Å². The Balaban J connectivity index is 1.42. The van der Waals surface area contributed by atoms with Crippen LogP contribution in [0, 0.1) is 19.8 Å². The molecule has 180 valence electrons. The Morgan fingerprint density at radius 1 is 1.06 bits per heavy atom. The van der Waals surface area contributed by atoms with Crippen molar-refractivity contribution in [2.45, 2.75) is 38.1 Å². The fourth-order valence-corrected chi connectivity index (χ4v) is 6.31. The predicted molar refractivity (Wildman–Crippen MR) is 129 cm³/mol. The highest BCUT2D eigenvalue weighted by molar-refractivity contribution is 7.89. The molecule has 4 rings (SSSR count). The highest BCUT2D eigenvalue weighted by atomic mass is 32.2. The minimum atomic E-state index is -3.72. The third kappa shape index (κ3) is 4.71. The molecule has 0 bridgehead atoms. The number of carbonyl (C=O) groups excluding carboxylic acids is 1. The van der Waals surface area contributed by atoms with Gasteiger partial charge in [-0.3, -0.25) is 4.79 Å². The van der Waals surface area contributed by atoms with Crippen molar-refractivity contribution in [2.24, 2.45) is 5.92 Å². The van der Waals surface area contributed by atoms with Crippen LogP contribution in [0.1, 0.15) is 29.8 Å². The zero-order chi connectivity index (χ0) is 24.3. The maximum atomic E-state index is 13.5. The number of benzene rings is 2. The molecular weight excluding hydrogens is 452 g/mol. The Kier molecular flexibility index (Phi) is 7.04. The lowest BCUT2D eigenvalue weighted by Gasteiger charge is -2.30. The van der Waals surface area contributed by atoms with Crippen LogP contribution in [0.4, 0.5) is 0 Å². The Hall–Kier alpha value is -3.17. The van der Waals surface area contributed by atoms with E-state index < -0.39 is 10.0 Å². The van der Waals surface area contributed by atoms with E-state index in [4.69, 9.17) is 4.74 Å². The highest BCUT2D eigenvalue weighted by Crippen LogP contribution is 2.29. The first kappa shape index (κ1) is 24.0. The molecule has 2 aromatic carbocycles.